The van der Waals surface area contributed by atoms with Crippen LogP contribution in [0.1, 0.15) is 0 Å². The predicted octanol–water partition coefficient (Wildman–Crippen LogP) is 1.32. The van der Waals surface area contributed by atoms with Gasteiger partial charge in [0.1, 0.15) is 0 Å². The quantitative estimate of drug-likeness (QED) is 0.413. The van der Waals surface area contributed by atoms with Gasteiger partial charge in [-0.25, -0.2) is 9.38 Å². The van der Waals surface area contributed by atoms with Crippen LogP contribution < -0.4 is 5.32 Å². The molecule has 56 valence electrons. The van der Waals surface area contributed by atoms with Crippen molar-refractivity contribution in [3.05, 3.63) is 11.8 Å². The monoisotopic (exact) mass is 154 g/mol. The summed E-state index contributed by atoms with van der Waals surface area (Å²) < 4.78 is 47.5. The van der Waals surface area contributed by atoms with E-state index >= 15 is 0 Å². The Morgan fingerprint density at radius 3 is 2.40 bits per heavy atom. The van der Waals surface area contributed by atoms with Crippen LogP contribution in [0.4, 0.5) is 17.6 Å². The van der Waals surface area contributed by atoms with E-state index in [0.717, 1.165) is 5.32 Å². The SMILES string of the molecule is FC1=C(F)NC(F)(F)N=C1. The molecule has 0 unspecified atom stereocenters. The summed E-state index contributed by atoms with van der Waals surface area (Å²) in [6.07, 6.45) is -3.59. The Morgan fingerprint density at radius 2 is 2.00 bits per heavy atom. The van der Waals surface area contributed by atoms with Gasteiger partial charge in [-0.3, -0.25) is 5.32 Å². The molecule has 1 N–H and O–H groups in total. The Balaban J connectivity index is 2.85. The average molecular weight is 154 g/mol. The van der Waals surface area contributed by atoms with Gasteiger partial charge in [0.25, 0.3) is 0 Å². The molecule has 0 aromatic heterocycles. The zero-order chi connectivity index (χ0) is 7.78. The lowest BCUT2D eigenvalue weighted by molar-refractivity contribution is -0.0239. The molecular weight excluding hydrogens is 152 g/mol. The number of rotatable bonds is 0. The van der Waals surface area contributed by atoms with E-state index in [1.165, 1.54) is 0 Å². The maximum Gasteiger partial charge on any atom is 0.430 e. The lowest BCUT2D eigenvalue weighted by atomic mass is 10.5. The van der Waals surface area contributed by atoms with E-state index in [4.69, 9.17) is 0 Å². The molecule has 10 heavy (non-hydrogen) atoms. The normalized spacial score (nSPS) is 22.8. The largest absolute Gasteiger partial charge is 0.430 e. The minimum absolute atomic E-state index is 0.131. The fourth-order valence-corrected chi connectivity index (χ4v) is 0.418. The molecule has 0 amide bonds. The van der Waals surface area contributed by atoms with Crippen LogP contribution in [0, 0.1) is 0 Å². The topological polar surface area (TPSA) is 24.4 Å². The van der Waals surface area contributed by atoms with Crippen molar-refractivity contribution < 1.29 is 17.6 Å². The van der Waals surface area contributed by atoms with Crippen molar-refractivity contribution in [3.8, 4) is 0 Å². The molecule has 0 spiro atoms. The maximum absolute atomic E-state index is 11.9. The third kappa shape index (κ3) is 1.26. The van der Waals surface area contributed by atoms with E-state index < -0.39 is 17.9 Å². The highest BCUT2D eigenvalue weighted by Crippen LogP contribution is 2.19. The van der Waals surface area contributed by atoms with Crippen molar-refractivity contribution in [2.45, 2.75) is 6.17 Å². The number of nitrogens with zero attached hydrogens (tertiary/aromatic N) is 1. The first kappa shape index (κ1) is 7.04. The van der Waals surface area contributed by atoms with Crippen LogP contribution in [0.25, 0.3) is 0 Å². The Bertz CT molecular complexity index is 207. The minimum Gasteiger partial charge on any atom is -0.280 e. The number of halogens is 4. The molecule has 0 saturated carbocycles. The second kappa shape index (κ2) is 1.96. The van der Waals surface area contributed by atoms with Crippen LogP contribution >= 0.6 is 0 Å². The second-order valence-corrected chi connectivity index (χ2v) is 1.59. The number of aliphatic imine (C=N–C) groups is 1. The molecule has 0 saturated heterocycles. The van der Waals surface area contributed by atoms with Gasteiger partial charge in [-0.15, -0.1) is 0 Å². The molecule has 1 aliphatic rings. The molecule has 0 aromatic carbocycles. The van der Waals surface area contributed by atoms with Crippen molar-refractivity contribution in [2.24, 2.45) is 4.99 Å². The first-order valence-corrected chi connectivity index (χ1v) is 2.28. The average Bonchev–Trinajstić information content (AvgIpc) is 1.79. The van der Waals surface area contributed by atoms with E-state index in [0.29, 0.717) is 0 Å². The van der Waals surface area contributed by atoms with Gasteiger partial charge in [-0.2, -0.15) is 13.2 Å². The molecule has 0 radical (unpaired) electrons. The number of alkyl halides is 2. The van der Waals surface area contributed by atoms with E-state index in [-0.39, 0.29) is 6.21 Å². The van der Waals surface area contributed by atoms with Crippen LogP contribution in [0.3, 0.4) is 0 Å². The minimum atomic E-state index is -3.72. The number of hydrogen-bond acceptors (Lipinski definition) is 2. The molecule has 0 atom stereocenters. The van der Waals surface area contributed by atoms with Gasteiger partial charge in [0.05, 0.1) is 6.21 Å². The molecule has 0 fully saturated rings. The fourth-order valence-electron chi connectivity index (χ4n) is 0.418. The molecule has 0 aromatic rings. The second-order valence-electron chi connectivity index (χ2n) is 1.59. The zero-order valence-corrected chi connectivity index (χ0v) is 4.54. The van der Waals surface area contributed by atoms with Crippen molar-refractivity contribution in [3.63, 3.8) is 0 Å². The highest BCUT2D eigenvalue weighted by atomic mass is 19.3. The number of allylic oxidation sites excluding steroid dienone is 1. The Kier molecular flexibility index (Phi) is 1.38. The van der Waals surface area contributed by atoms with Crippen molar-refractivity contribution in [1.82, 2.24) is 5.32 Å². The lowest BCUT2D eigenvalue weighted by Gasteiger charge is -2.14. The highest BCUT2D eigenvalue weighted by Gasteiger charge is 2.32. The van der Waals surface area contributed by atoms with Crippen LogP contribution in [-0.4, -0.2) is 12.4 Å². The molecule has 0 bridgehead atoms. The summed E-state index contributed by atoms with van der Waals surface area (Å²) in [7, 11) is 0. The van der Waals surface area contributed by atoms with Crippen LogP contribution in [-0.2, 0) is 0 Å². The first-order valence-electron chi connectivity index (χ1n) is 2.28. The summed E-state index contributed by atoms with van der Waals surface area (Å²) in [6, 6.07) is 0. The summed E-state index contributed by atoms with van der Waals surface area (Å²) in [4.78, 5) is 2.35. The third-order valence-corrected chi connectivity index (χ3v) is 0.810. The maximum atomic E-state index is 11.9. The smallest absolute Gasteiger partial charge is 0.280 e. The Labute approximate surface area is 53.2 Å². The molecule has 1 rings (SSSR count). The Hall–Kier alpha value is -1.07. The van der Waals surface area contributed by atoms with Gasteiger partial charge in [-0.1, -0.05) is 0 Å². The molecule has 0 aliphatic carbocycles. The third-order valence-electron chi connectivity index (χ3n) is 0.810. The number of nitrogens with one attached hydrogen (secondary N) is 1. The van der Waals surface area contributed by atoms with Crippen LogP contribution in [0.5, 0.6) is 0 Å². The Morgan fingerprint density at radius 1 is 1.40 bits per heavy atom. The molecule has 1 aliphatic heterocycles. The van der Waals surface area contributed by atoms with Crippen molar-refractivity contribution >= 4 is 6.21 Å². The van der Waals surface area contributed by atoms with Crippen LogP contribution in [0.2, 0.25) is 0 Å². The molecule has 1 heterocycles. The molecular formula is C4H2F4N2. The zero-order valence-electron chi connectivity index (χ0n) is 4.54. The summed E-state index contributed by atoms with van der Waals surface area (Å²) in [5, 5.41) is 0.912. The highest BCUT2D eigenvalue weighted by molar-refractivity contribution is 5.77. The summed E-state index contributed by atoms with van der Waals surface area (Å²) in [5.41, 5.74) is 0. The fraction of sp³-hybridized carbons (Fsp3) is 0.250. The van der Waals surface area contributed by atoms with E-state index in [1.54, 1.807) is 0 Å². The van der Waals surface area contributed by atoms with Gasteiger partial charge in [0.15, 0.2) is 5.83 Å². The summed E-state index contributed by atoms with van der Waals surface area (Å²) in [5.74, 6) is -3.12. The van der Waals surface area contributed by atoms with Gasteiger partial charge >= 0.3 is 6.17 Å². The first-order chi connectivity index (χ1) is 4.51. The van der Waals surface area contributed by atoms with E-state index in [2.05, 4.69) is 4.99 Å². The van der Waals surface area contributed by atoms with Gasteiger partial charge in [0, 0.05) is 0 Å². The van der Waals surface area contributed by atoms with E-state index in [9.17, 15) is 17.6 Å². The predicted molar refractivity (Wildman–Crippen MR) is 25.8 cm³/mol. The summed E-state index contributed by atoms with van der Waals surface area (Å²) in [6.45, 7) is 0. The molecule has 6 heteroatoms. The van der Waals surface area contributed by atoms with Gasteiger partial charge < -0.3 is 0 Å². The van der Waals surface area contributed by atoms with Crippen molar-refractivity contribution in [1.29, 1.82) is 0 Å². The molecule has 2 nitrogen and oxygen atoms in total. The lowest BCUT2D eigenvalue weighted by Crippen LogP contribution is -2.35. The number of hydrogen-bond donors (Lipinski definition) is 1. The van der Waals surface area contributed by atoms with Crippen molar-refractivity contribution in [2.75, 3.05) is 0 Å². The summed E-state index contributed by atoms with van der Waals surface area (Å²) >= 11 is 0. The standard InChI is InChI=1S/C4H2F4N2/c5-2-1-9-4(7,8)10-3(2)6/h1,10H. The van der Waals surface area contributed by atoms with Gasteiger partial charge in [0.2, 0.25) is 5.95 Å². The van der Waals surface area contributed by atoms with Crippen LogP contribution in [0.15, 0.2) is 16.8 Å². The van der Waals surface area contributed by atoms with E-state index in [1.807, 2.05) is 0 Å². The van der Waals surface area contributed by atoms with Gasteiger partial charge in [-0.05, 0) is 0 Å².